The second-order valence-corrected chi connectivity index (χ2v) is 5.48. The second kappa shape index (κ2) is 6.60. The molecule has 0 amide bonds. The number of carbonyl (C=O) groups is 1. The molecule has 0 unspecified atom stereocenters. The molecular formula is C18H13ClN2O3. The van der Waals surface area contributed by atoms with Crippen LogP contribution in [0, 0.1) is 0 Å². The van der Waals surface area contributed by atoms with Crippen molar-refractivity contribution in [2.24, 2.45) is 4.99 Å². The van der Waals surface area contributed by atoms with Gasteiger partial charge in [-0.05, 0) is 48.5 Å². The molecule has 0 aliphatic rings. The van der Waals surface area contributed by atoms with Gasteiger partial charge in [-0.25, -0.2) is 4.79 Å². The Morgan fingerprint density at radius 3 is 2.54 bits per heavy atom. The molecule has 120 valence electrons. The molecule has 2 aromatic carbocycles. The van der Waals surface area contributed by atoms with Crippen LogP contribution in [0.1, 0.15) is 16.1 Å². The maximum absolute atomic E-state index is 10.9. The summed E-state index contributed by atoms with van der Waals surface area (Å²) >= 11 is 5.80. The number of hydrogen-bond acceptors (Lipinski definition) is 3. The van der Waals surface area contributed by atoms with E-state index in [2.05, 4.69) is 4.99 Å². The first-order chi connectivity index (χ1) is 11.5. The normalized spacial score (nSPS) is 11.0. The summed E-state index contributed by atoms with van der Waals surface area (Å²) < 4.78 is 1.86. The maximum atomic E-state index is 10.9. The van der Waals surface area contributed by atoms with Crippen molar-refractivity contribution in [3.05, 3.63) is 77.1 Å². The molecule has 3 aromatic rings. The lowest BCUT2D eigenvalue weighted by molar-refractivity contribution is 0.0697. The Hall–Kier alpha value is -3.05. The van der Waals surface area contributed by atoms with Crippen LogP contribution in [0.5, 0.6) is 5.75 Å². The Balaban J connectivity index is 1.90. The second-order valence-electron chi connectivity index (χ2n) is 5.05. The molecule has 0 radical (unpaired) electrons. The molecule has 24 heavy (non-hydrogen) atoms. The fraction of sp³-hybridized carbons (Fsp3) is 0. The molecule has 0 spiro atoms. The van der Waals surface area contributed by atoms with Crippen LogP contribution in [0.25, 0.3) is 5.69 Å². The SMILES string of the molecule is O=C(O)c1ccc(-n2cccc2C=Nc2ccc(Cl)cc2O)cc1. The molecule has 0 atom stereocenters. The summed E-state index contributed by atoms with van der Waals surface area (Å²) in [6.07, 6.45) is 3.47. The number of benzene rings is 2. The van der Waals surface area contributed by atoms with Crippen LogP contribution in [-0.2, 0) is 0 Å². The van der Waals surface area contributed by atoms with Gasteiger partial charge in [0, 0.05) is 23.0 Å². The lowest BCUT2D eigenvalue weighted by atomic mass is 10.2. The van der Waals surface area contributed by atoms with Crippen LogP contribution in [-0.4, -0.2) is 27.0 Å². The molecule has 0 bridgehead atoms. The van der Waals surface area contributed by atoms with E-state index in [9.17, 15) is 9.90 Å². The van der Waals surface area contributed by atoms with E-state index in [1.807, 2.05) is 22.9 Å². The molecule has 1 heterocycles. The van der Waals surface area contributed by atoms with Gasteiger partial charge in [-0.3, -0.25) is 4.99 Å². The number of carboxylic acids is 1. The van der Waals surface area contributed by atoms with E-state index < -0.39 is 5.97 Å². The monoisotopic (exact) mass is 340 g/mol. The quantitative estimate of drug-likeness (QED) is 0.696. The molecule has 0 aliphatic carbocycles. The summed E-state index contributed by atoms with van der Waals surface area (Å²) in [5.41, 5.74) is 2.24. The fourth-order valence-electron chi connectivity index (χ4n) is 2.24. The van der Waals surface area contributed by atoms with Crippen molar-refractivity contribution < 1.29 is 15.0 Å². The van der Waals surface area contributed by atoms with Crippen molar-refractivity contribution in [2.75, 3.05) is 0 Å². The van der Waals surface area contributed by atoms with Gasteiger partial charge < -0.3 is 14.8 Å². The summed E-state index contributed by atoms with van der Waals surface area (Å²) in [4.78, 5) is 15.2. The zero-order chi connectivity index (χ0) is 17.1. The van der Waals surface area contributed by atoms with Crippen LogP contribution in [0.2, 0.25) is 5.02 Å². The fourth-order valence-corrected chi connectivity index (χ4v) is 2.41. The van der Waals surface area contributed by atoms with Gasteiger partial charge in [-0.2, -0.15) is 0 Å². The zero-order valence-electron chi connectivity index (χ0n) is 12.4. The number of aromatic nitrogens is 1. The van der Waals surface area contributed by atoms with Gasteiger partial charge in [0.1, 0.15) is 11.4 Å². The first-order valence-electron chi connectivity index (χ1n) is 7.08. The van der Waals surface area contributed by atoms with Gasteiger partial charge >= 0.3 is 5.97 Å². The van der Waals surface area contributed by atoms with Gasteiger partial charge in [0.25, 0.3) is 0 Å². The first kappa shape index (κ1) is 15.8. The van der Waals surface area contributed by atoms with Crippen molar-refractivity contribution in [1.82, 2.24) is 4.57 Å². The minimum Gasteiger partial charge on any atom is -0.506 e. The number of aromatic carboxylic acids is 1. The highest BCUT2D eigenvalue weighted by Gasteiger charge is 2.05. The van der Waals surface area contributed by atoms with Gasteiger partial charge in [-0.15, -0.1) is 0 Å². The van der Waals surface area contributed by atoms with E-state index in [0.717, 1.165) is 11.4 Å². The minimum atomic E-state index is -0.964. The highest BCUT2D eigenvalue weighted by Crippen LogP contribution is 2.29. The Labute approximate surface area is 143 Å². The number of aliphatic imine (C=N–C) groups is 1. The van der Waals surface area contributed by atoms with Gasteiger partial charge in [0.15, 0.2) is 0 Å². The number of phenols is 1. The number of aromatic hydroxyl groups is 1. The van der Waals surface area contributed by atoms with E-state index in [0.29, 0.717) is 10.7 Å². The van der Waals surface area contributed by atoms with E-state index in [1.165, 1.54) is 6.07 Å². The van der Waals surface area contributed by atoms with E-state index in [-0.39, 0.29) is 11.3 Å². The molecule has 6 heteroatoms. The molecule has 2 N–H and O–H groups in total. The van der Waals surface area contributed by atoms with Crippen LogP contribution in [0.4, 0.5) is 5.69 Å². The summed E-state index contributed by atoms with van der Waals surface area (Å²) in [7, 11) is 0. The molecular weight excluding hydrogens is 328 g/mol. The molecule has 3 rings (SSSR count). The Morgan fingerprint density at radius 2 is 1.88 bits per heavy atom. The third-order valence-electron chi connectivity index (χ3n) is 3.45. The maximum Gasteiger partial charge on any atom is 0.335 e. The highest BCUT2D eigenvalue weighted by atomic mass is 35.5. The molecule has 5 nitrogen and oxygen atoms in total. The first-order valence-corrected chi connectivity index (χ1v) is 7.46. The van der Waals surface area contributed by atoms with E-state index in [1.54, 1.807) is 42.6 Å². The summed E-state index contributed by atoms with van der Waals surface area (Å²) in [5, 5.41) is 19.2. The third-order valence-corrected chi connectivity index (χ3v) is 3.68. The molecule has 0 saturated heterocycles. The van der Waals surface area contributed by atoms with Gasteiger partial charge in [0.05, 0.1) is 17.5 Å². The molecule has 0 saturated carbocycles. The van der Waals surface area contributed by atoms with Gasteiger partial charge in [-0.1, -0.05) is 11.6 Å². The van der Waals surface area contributed by atoms with Crippen LogP contribution in [0.3, 0.4) is 0 Å². The topological polar surface area (TPSA) is 74.8 Å². The Morgan fingerprint density at radius 1 is 1.12 bits per heavy atom. The summed E-state index contributed by atoms with van der Waals surface area (Å²) in [5.74, 6) is -0.961. The van der Waals surface area contributed by atoms with Crippen molar-refractivity contribution in [1.29, 1.82) is 0 Å². The Kier molecular flexibility index (Phi) is 4.35. The predicted molar refractivity (Wildman–Crippen MR) is 93.1 cm³/mol. The van der Waals surface area contributed by atoms with Crippen molar-refractivity contribution in [2.45, 2.75) is 0 Å². The molecule has 0 aliphatic heterocycles. The summed E-state index contributed by atoms with van der Waals surface area (Å²) in [6, 6.07) is 15.0. The van der Waals surface area contributed by atoms with Gasteiger partial charge in [0.2, 0.25) is 0 Å². The Bertz CT molecular complexity index is 914. The van der Waals surface area contributed by atoms with Crippen molar-refractivity contribution >= 4 is 29.5 Å². The largest absolute Gasteiger partial charge is 0.506 e. The third kappa shape index (κ3) is 3.31. The zero-order valence-corrected chi connectivity index (χ0v) is 13.2. The van der Waals surface area contributed by atoms with Crippen molar-refractivity contribution in [3.63, 3.8) is 0 Å². The minimum absolute atomic E-state index is 0.00247. The lowest BCUT2D eigenvalue weighted by Crippen LogP contribution is -2.00. The number of halogens is 1. The molecule has 1 aromatic heterocycles. The van der Waals surface area contributed by atoms with E-state index in [4.69, 9.17) is 16.7 Å². The average molecular weight is 341 g/mol. The number of rotatable bonds is 4. The van der Waals surface area contributed by atoms with Crippen molar-refractivity contribution in [3.8, 4) is 11.4 Å². The highest BCUT2D eigenvalue weighted by molar-refractivity contribution is 6.30. The van der Waals surface area contributed by atoms with Crippen LogP contribution < -0.4 is 0 Å². The molecule has 0 fully saturated rings. The lowest BCUT2D eigenvalue weighted by Gasteiger charge is -2.07. The predicted octanol–water partition coefficient (Wildman–Crippen LogP) is 4.29. The van der Waals surface area contributed by atoms with Crippen LogP contribution >= 0.6 is 11.6 Å². The summed E-state index contributed by atoms with van der Waals surface area (Å²) in [6.45, 7) is 0. The average Bonchev–Trinajstić information content (AvgIpc) is 3.02. The number of carboxylic acid groups (broad SMARTS) is 1. The van der Waals surface area contributed by atoms with Crippen LogP contribution in [0.15, 0.2) is 65.8 Å². The number of nitrogens with zero attached hydrogens (tertiary/aromatic N) is 2. The standard InChI is InChI=1S/C18H13ClN2O3/c19-13-5-8-16(17(22)10-13)20-11-15-2-1-9-21(15)14-6-3-12(4-7-14)18(23)24/h1-11,22H,(H,23,24). The smallest absolute Gasteiger partial charge is 0.335 e. The number of phenolic OH excluding ortho intramolecular Hbond substituents is 1. The van der Waals surface area contributed by atoms with E-state index >= 15 is 0 Å². The number of hydrogen-bond donors (Lipinski definition) is 2.